The van der Waals surface area contributed by atoms with Crippen LogP contribution in [-0.2, 0) is 20.9 Å². The van der Waals surface area contributed by atoms with Gasteiger partial charge in [-0.05, 0) is 24.6 Å². The topological polar surface area (TPSA) is 55.4 Å². The fraction of sp³-hybridized carbons (Fsp3) is 0.333. The Labute approximate surface area is 115 Å². The standard InChI is InChI=1S/C12H13Cl2NO3/c1-2-18-12(17)6-11(16)15-7-8-3-4-9(13)5-10(8)14/h3-5H,2,6-7H2,1H3,(H,15,16). The Hall–Kier alpha value is -1.26. The van der Waals surface area contributed by atoms with Crippen molar-refractivity contribution < 1.29 is 14.3 Å². The van der Waals surface area contributed by atoms with Crippen LogP contribution in [0.2, 0.25) is 10.0 Å². The minimum Gasteiger partial charge on any atom is -0.466 e. The Bertz CT molecular complexity index is 449. The van der Waals surface area contributed by atoms with Crippen molar-refractivity contribution in [3.8, 4) is 0 Å². The minimum atomic E-state index is -0.544. The average molecular weight is 290 g/mol. The molecule has 0 aliphatic carbocycles. The van der Waals surface area contributed by atoms with E-state index in [4.69, 9.17) is 23.2 Å². The third kappa shape index (κ3) is 4.94. The fourth-order valence-corrected chi connectivity index (χ4v) is 1.74. The summed E-state index contributed by atoms with van der Waals surface area (Å²) in [5, 5.41) is 3.58. The second kappa shape index (κ2) is 7.24. The van der Waals surface area contributed by atoms with Gasteiger partial charge in [-0.3, -0.25) is 9.59 Å². The highest BCUT2D eigenvalue weighted by atomic mass is 35.5. The molecule has 0 atom stereocenters. The summed E-state index contributed by atoms with van der Waals surface area (Å²) in [4.78, 5) is 22.4. The van der Waals surface area contributed by atoms with Crippen LogP contribution in [0.5, 0.6) is 0 Å². The molecule has 1 rings (SSSR count). The molecule has 0 aliphatic rings. The first-order valence-corrected chi connectivity index (χ1v) is 6.14. The van der Waals surface area contributed by atoms with Gasteiger partial charge >= 0.3 is 5.97 Å². The predicted octanol–water partition coefficient (Wildman–Crippen LogP) is 2.56. The highest BCUT2D eigenvalue weighted by Crippen LogP contribution is 2.20. The molecule has 1 aromatic carbocycles. The first-order valence-electron chi connectivity index (χ1n) is 5.39. The Balaban J connectivity index is 2.45. The van der Waals surface area contributed by atoms with Gasteiger partial charge in [-0.1, -0.05) is 29.3 Å². The third-order valence-electron chi connectivity index (χ3n) is 2.10. The second-order valence-electron chi connectivity index (χ2n) is 3.49. The molecule has 0 saturated carbocycles. The molecule has 0 spiro atoms. The van der Waals surface area contributed by atoms with E-state index < -0.39 is 11.9 Å². The number of carbonyl (C=O) groups excluding carboxylic acids is 2. The van der Waals surface area contributed by atoms with E-state index in [0.29, 0.717) is 10.0 Å². The Kier molecular flexibility index (Phi) is 5.95. The smallest absolute Gasteiger partial charge is 0.315 e. The first kappa shape index (κ1) is 14.8. The molecule has 0 aliphatic heterocycles. The van der Waals surface area contributed by atoms with Crippen molar-refractivity contribution in [2.45, 2.75) is 19.9 Å². The van der Waals surface area contributed by atoms with E-state index in [1.165, 1.54) is 0 Å². The lowest BCUT2D eigenvalue weighted by atomic mass is 10.2. The van der Waals surface area contributed by atoms with E-state index >= 15 is 0 Å². The van der Waals surface area contributed by atoms with E-state index in [9.17, 15) is 9.59 Å². The van der Waals surface area contributed by atoms with Gasteiger partial charge in [0.2, 0.25) is 5.91 Å². The van der Waals surface area contributed by atoms with Crippen LogP contribution in [0.4, 0.5) is 0 Å². The quantitative estimate of drug-likeness (QED) is 0.670. The minimum absolute atomic E-state index is 0.244. The van der Waals surface area contributed by atoms with Crippen molar-refractivity contribution >= 4 is 35.1 Å². The van der Waals surface area contributed by atoms with Gasteiger partial charge in [0.15, 0.2) is 0 Å². The van der Waals surface area contributed by atoms with Crippen LogP contribution in [0.15, 0.2) is 18.2 Å². The van der Waals surface area contributed by atoms with Crippen LogP contribution in [0.25, 0.3) is 0 Å². The average Bonchev–Trinajstić information content (AvgIpc) is 2.28. The van der Waals surface area contributed by atoms with Gasteiger partial charge in [-0.2, -0.15) is 0 Å². The van der Waals surface area contributed by atoms with Crippen molar-refractivity contribution in [1.82, 2.24) is 5.32 Å². The zero-order valence-electron chi connectivity index (χ0n) is 9.83. The Morgan fingerprint density at radius 2 is 2.06 bits per heavy atom. The number of hydrogen-bond donors (Lipinski definition) is 1. The van der Waals surface area contributed by atoms with E-state index in [-0.39, 0.29) is 19.6 Å². The molecule has 6 heteroatoms. The number of amides is 1. The first-order chi connectivity index (χ1) is 8.52. The van der Waals surface area contributed by atoms with Gasteiger partial charge in [-0.25, -0.2) is 0 Å². The van der Waals surface area contributed by atoms with E-state index in [2.05, 4.69) is 10.1 Å². The van der Waals surface area contributed by atoms with Crippen LogP contribution in [0, 0.1) is 0 Å². The van der Waals surface area contributed by atoms with E-state index in [1.807, 2.05) is 0 Å². The number of halogens is 2. The monoisotopic (exact) mass is 289 g/mol. The zero-order chi connectivity index (χ0) is 13.5. The van der Waals surface area contributed by atoms with Gasteiger partial charge in [-0.15, -0.1) is 0 Å². The maximum Gasteiger partial charge on any atom is 0.315 e. The summed E-state index contributed by atoms with van der Waals surface area (Å²) < 4.78 is 4.66. The van der Waals surface area contributed by atoms with Crippen LogP contribution < -0.4 is 5.32 Å². The van der Waals surface area contributed by atoms with Crippen molar-refractivity contribution in [3.63, 3.8) is 0 Å². The van der Waals surface area contributed by atoms with Crippen LogP contribution in [0.3, 0.4) is 0 Å². The summed E-state index contributed by atoms with van der Waals surface area (Å²) in [6.45, 7) is 2.19. The number of carbonyl (C=O) groups is 2. The van der Waals surface area contributed by atoms with Crippen LogP contribution in [0.1, 0.15) is 18.9 Å². The maximum absolute atomic E-state index is 11.4. The lowest BCUT2D eigenvalue weighted by Crippen LogP contribution is -2.26. The second-order valence-corrected chi connectivity index (χ2v) is 4.34. The number of ether oxygens (including phenoxy) is 1. The van der Waals surface area contributed by atoms with E-state index in [1.54, 1.807) is 25.1 Å². The number of rotatable bonds is 5. The zero-order valence-corrected chi connectivity index (χ0v) is 11.3. The highest BCUT2D eigenvalue weighted by molar-refractivity contribution is 6.35. The van der Waals surface area contributed by atoms with Gasteiger partial charge < -0.3 is 10.1 Å². The van der Waals surface area contributed by atoms with Crippen molar-refractivity contribution in [2.75, 3.05) is 6.61 Å². The number of benzene rings is 1. The molecule has 1 amide bonds. The summed E-state index contributed by atoms with van der Waals surface area (Å²) in [7, 11) is 0. The largest absolute Gasteiger partial charge is 0.466 e. The van der Waals surface area contributed by atoms with Gasteiger partial charge in [0, 0.05) is 16.6 Å². The fourth-order valence-electron chi connectivity index (χ4n) is 1.26. The summed E-state index contributed by atoms with van der Waals surface area (Å²) in [6.07, 6.45) is -0.293. The van der Waals surface area contributed by atoms with E-state index in [0.717, 1.165) is 5.56 Å². The predicted molar refractivity (Wildman–Crippen MR) is 69.6 cm³/mol. The normalized spacial score (nSPS) is 9.94. The summed E-state index contributed by atoms with van der Waals surface area (Å²) in [5.74, 6) is -0.948. The van der Waals surface area contributed by atoms with Crippen molar-refractivity contribution in [2.24, 2.45) is 0 Å². The molecule has 0 unspecified atom stereocenters. The van der Waals surface area contributed by atoms with Gasteiger partial charge in [0.25, 0.3) is 0 Å². The van der Waals surface area contributed by atoms with Crippen LogP contribution >= 0.6 is 23.2 Å². The van der Waals surface area contributed by atoms with Crippen molar-refractivity contribution in [3.05, 3.63) is 33.8 Å². The Morgan fingerprint density at radius 1 is 1.33 bits per heavy atom. The molecular weight excluding hydrogens is 277 g/mol. The Morgan fingerprint density at radius 3 is 2.67 bits per heavy atom. The molecule has 18 heavy (non-hydrogen) atoms. The van der Waals surface area contributed by atoms with Gasteiger partial charge in [0.05, 0.1) is 6.61 Å². The number of esters is 1. The summed E-state index contributed by atoms with van der Waals surface area (Å²) in [6, 6.07) is 4.99. The summed E-state index contributed by atoms with van der Waals surface area (Å²) >= 11 is 11.7. The van der Waals surface area contributed by atoms with Crippen LogP contribution in [-0.4, -0.2) is 18.5 Å². The molecule has 98 valence electrons. The molecule has 1 aromatic rings. The molecule has 1 N–H and O–H groups in total. The lowest BCUT2D eigenvalue weighted by Gasteiger charge is -2.07. The lowest BCUT2D eigenvalue weighted by molar-refractivity contribution is -0.146. The summed E-state index contributed by atoms with van der Waals surface area (Å²) in [5.41, 5.74) is 0.735. The molecule has 0 heterocycles. The molecule has 4 nitrogen and oxygen atoms in total. The maximum atomic E-state index is 11.4. The molecule has 0 bridgehead atoms. The molecule has 0 aromatic heterocycles. The molecule has 0 fully saturated rings. The number of hydrogen-bond acceptors (Lipinski definition) is 3. The molecular formula is C12H13Cl2NO3. The van der Waals surface area contributed by atoms with Crippen molar-refractivity contribution in [1.29, 1.82) is 0 Å². The molecule has 0 radical (unpaired) electrons. The van der Waals surface area contributed by atoms with Gasteiger partial charge in [0.1, 0.15) is 6.42 Å². The highest BCUT2D eigenvalue weighted by Gasteiger charge is 2.10. The SMILES string of the molecule is CCOC(=O)CC(=O)NCc1ccc(Cl)cc1Cl. The third-order valence-corrected chi connectivity index (χ3v) is 2.69. The number of nitrogens with one attached hydrogen (secondary N) is 1. The molecule has 0 saturated heterocycles.